The van der Waals surface area contributed by atoms with Gasteiger partial charge in [0.05, 0.1) is 0 Å². The summed E-state index contributed by atoms with van der Waals surface area (Å²) in [6, 6.07) is 0. The minimum Gasteiger partial charge on any atom is -0.481 e. The molecule has 4 heteroatoms. The maximum atomic E-state index is 10.3. The number of hydrogen-bond donors (Lipinski definition) is 1. The first-order valence-corrected chi connectivity index (χ1v) is 5.44. The Hall–Kier alpha value is -1.76. The number of nitrogens with zero attached hydrogens (tertiary/aromatic N) is 2. The highest BCUT2D eigenvalue weighted by molar-refractivity contribution is 5.66. The summed E-state index contributed by atoms with van der Waals surface area (Å²) in [5.74, 6) is -0.735. The second-order valence-corrected chi connectivity index (χ2v) is 3.79. The van der Waals surface area contributed by atoms with E-state index in [0.29, 0.717) is 19.5 Å². The molecule has 0 amide bonds. The van der Waals surface area contributed by atoms with Crippen LogP contribution in [0.25, 0.3) is 0 Å². The molecule has 0 saturated heterocycles. The van der Waals surface area contributed by atoms with E-state index in [1.54, 1.807) is 4.90 Å². The first kappa shape index (κ1) is 12.3. The molecule has 4 nitrogen and oxygen atoms in total. The molecular weight excluding hydrogens is 204 g/mol. The summed E-state index contributed by atoms with van der Waals surface area (Å²) in [6.07, 6.45) is 10.9. The number of nitriles is 1. The molecule has 16 heavy (non-hydrogen) atoms. The van der Waals surface area contributed by atoms with Crippen molar-refractivity contribution in [1.82, 2.24) is 4.90 Å². The molecule has 0 fully saturated rings. The third-order valence-corrected chi connectivity index (χ3v) is 2.48. The molecular formula is C12H16N2O2. The zero-order chi connectivity index (χ0) is 11.8. The number of hydrogen-bond acceptors (Lipinski definition) is 3. The summed E-state index contributed by atoms with van der Waals surface area (Å²) in [5, 5.41) is 17.2. The molecule has 0 atom stereocenters. The monoisotopic (exact) mass is 220 g/mol. The molecule has 0 aromatic heterocycles. The van der Waals surface area contributed by atoms with Gasteiger partial charge in [-0.3, -0.25) is 4.79 Å². The second-order valence-electron chi connectivity index (χ2n) is 3.79. The average molecular weight is 220 g/mol. The van der Waals surface area contributed by atoms with Crippen LogP contribution >= 0.6 is 0 Å². The fourth-order valence-corrected chi connectivity index (χ4v) is 1.57. The van der Waals surface area contributed by atoms with Gasteiger partial charge in [0.2, 0.25) is 0 Å². The number of aliphatic carboxylic acids is 1. The van der Waals surface area contributed by atoms with E-state index in [4.69, 9.17) is 10.4 Å². The number of unbranched alkanes of at least 4 members (excludes halogenated alkanes) is 1. The largest absolute Gasteiger partial charge is 0.481 e. The molecule has 1 heterocycles. The van der Waals surface area contributed by atoms with Crippen molar-refractivity contribution in [3.63, 3.8) is 0 Å². The van der Waals surface area contributed by atoms with Crippen molar-refractivity contribution in [3.05, 3.63) is 23.8 Å². The highest BCUT2D eigenvalue weighted by Crippen LogP contribution is 2.12. The van der Waals surface area contributed by atoms with Crippen molar-refractivity contribution < 1.29 is 9.90 Å². The van der Waals surface area contributed by atoms with Crippen molar-refractivity contribution >= 4 is 5.97 Å². The van der Waals surface area contributed by atoms with Crippen molar-refractivity contribution in [2.75, 3.05) is 13.1 Å². The van der Waals surface area contributed by atoms with Crippen LogP contribution in [0.15, 0.2) is 23.8 Å². The zero-order valence-electron chi connectivity index (χ0n) is 9.22. The Morgan fingerprint density at radius 3 is 3.00 bits per heavy atom. The third kappa shape index (κ3) is 4.65. The SMILES string of the molecule is N#CN1CC=CC(CCCCC(=O)O)=CC1. The summed E-state index contributed by atoms with van der Waals surface area (Å²) in [6.45, 7) is 1.31. The van der Waals surface area contributed by atoms with Gasteiger partial charge in [-0.15, -0.1) is 0 Å². The summed E-state index contributed by atoms with van der Waals surface area (Å²) >= 11 is 0. The van der Waals surface area contributed by atoms with Crippen LogP contribution in [-0.2, 0) is 4.79 Å². The van der Waals surface area contributed by atoms with Crippen molar-refractivity contribution in [2.24, 2.45) is 0 Å². The topological polar surface area (TPSA) is 64.3 Å². The molecule has 0 bridgehead atoms. The molecule has 86 valence electrons. The lowest BCUT2D eigenvalue weighted by atomic mass is 10.1. The van der Waals surface area contributed by atoms with Gasteiger partial charge in [-0.05, 0) is 19.3 Å². The number of rotatable bonds is 5. The molecule has 0 aliphatic carbocycles. The lowest BCUT2D eigenvalue weighted by Crippen LogP contribution is -2.16. The fourth-order valence-electron chi connectivity index (χ4n) is 1.57. The van der Waals surface area contributed by atoms with Gasteiger partial charge >= 0.3 is 5.97 Å². The first-order valence-electron chi connectivity index (χ1n) is 5.44. The van der Waals surface area contributed by atoms with Gasteiger partial charge in [0.15, 0.2) is 6.19 Å². The van der Waals surface area contributed by atoms with Gasteiger partial charge in [0.25, 0.3) is 0 Å². The summed E-state index contributed by atoms with van der Waals surface area (Å²) in [4.78, 5) is 12.0. The molecule has 1 N–H and O–H groups in total. The van der Waals surface area contributed by atoms with E-state index in [-0.39, 0.29) is 6.42 Å². The van der Waals surface area contributed by atoms with E-state index < -0.39 is 5.97 Å². The predicted octanol–water partition coefficient (Wildman–Crippen LogP) is 1.91. The molecule has 1 aliphatic heterocycles. The van der Waals surface area contributed by atoms with Gasteiger partial charge < -0.3 is 10.0 Å². The lowest BCUT2D eigenvalue weighted by Gasteiger charge is -2.07. The highest BCUT2D eigenvalue weighted by atomic mass is 16.4. The maximum absolute atomic E-state index is 10.3. The van der Waals surface area contributed by atoms with Crippen molar-refractivity contribution in [3.8, 4) is 6.19 Å². The molecule has 0 unspecified atom stereocenters. The Balaban J connectivity index is 2.29. The zero-order valence-corrected chi connectivity index (χ0v) is 9.22. The Morgan fingerprint density at radius 1 is 1.50 bits per heavy atom. The van der Waals surface area contributed by atoms with Crippen molar-refractivity contribution in [2.45, 2.75) is 25.7 Å². The minimum atomic E-state index is -0.735. The van der Waals surface area contributed by atoms with Crippen molar-refractivity contribution in [1.29, 1.82) is 5.26 Å². The normalized spacial score (nSPS) is 15.2. The Labute approximate surface area is 95.5 Å². The Kier molecular flexibility index (Phi) is 5.13. The lowest BCUT2D eigenvalue weighted by molar-refractivity contribution is -0.137. The van der Waals surface area contributed by atoms with E-state index in [9.17, 15) is 4.79 Å². The maximum Gasteiger partial charge on any atom is 0.303 e. The van der Waals surface area contributed by atoms with Crippen LogP contribution in [0.5, 0.6) is 0 Å². The summed E-state index contributed by atoms with van der Waals surface area (Å²) in [7, 11) is 0. The first-order chi connectivity index (χ1) is 7.72. The van der Waals surface area contributed by atoms with Crippen LogP contribution in [0.1, 0.15) is 25.7 Å². The van der Waals surface area contributed by atoms with Crippen LogP contribution in [-0.4, -0.2) is 29.1 Å². The van der Waals surface area contributed by atoms with Gasteiger partial charge in [-0.1, -0.05) is 23.8 Å². The van der Waals surface area contributed by atoms with Crippen LogP contribution in [0.4, 0.5) is 0 Å². The standard InChI is InChI=1S/C12H16N2O2/c13-10-14-8-3-5-11(7-9-14)4-1-2-6-12(15)16/h3,5,7H,1-2,4,6,8-9H2,(H,15,16). The molecule has 1 aliphatic rings. The molecule has 1 rings (SSSR count). The fraction of sp³-hybridized carbons (Fsp3) is 0.500. The third-order valence-electron chi connectivity index (χ3n) is 2.48. The predicted molar refractivity (Wildman–Crippen MR) is 60.5 cm³/mol. The molecule has 0 aromatic carbocycles. The van der Waals surface area contributed by atoms with E-state index in [2.05, 4.69) is 6.19 Å². The summed E-state index contributed by atoms with van der Waals surface area (Å²) < 4.78 is 0. The number of carbonyl (C=O) groups is 1. The smallest absolute Gasteiger partial charge is 0.303 e. The number of carboxylic acid groups (broad SMARTS) is 1. The minimum absolute atomic E-state index is 0.237. The van der Waals surface area contributed by atoms with E-state index in [1.165, 1.54) is 5.57 Å². The van der Waals surface area contributed by atoms with Crippen LogP contribution < -0.4 is 0 Å². The van der Waals surface area contributed by atoms with Crippen LogP contribution in [0, 0.1) is 11.5 Å². The molecule has 0 aromatic rings. The quantitative estimate of drug-likeness (QED) is 0.567. The Bertz CT molecular complexity index is 339. The number of allylic oxidation sites excluding steroid dienone is 2. The van der Waals surface area contributed by atoms with Crippen LogP contribution in [0.2, 0.25) is 0 Å². The van der Waals surface area contributed by atoms with E-state index in [1.807, 2.05) is 18.2 Å². The molecule has 0 saturated carbocycles. The summed E-state index contributed by atoms with van der Waals surface area (Å²) in [5.41, 5.74) is 1.20. The molecule has 0 radical (unpaired) electrons. The highest BCUT2D eigenvalue weighted by Gasteiger charge is 2.03. The second kappa shape index (κ2) is 6.67. The Morgan fingerprint density at radius 2 is 2.31 bits per heavy atom. The van der Waals surface area contributed by atoms with Gasteiger partial charge in [-0.2, -0.15) is 5.26 Å². The molecule has 0 spiro atoms. The van der Waals surface area contributed by atoms with Gasteiger partial charge in [-0.25, -0.2) is 0 Å². The van der Waals surface area contributed by atoms with Gasteiger partial charge in [0, 0.05) is 19.5 Å². The van der Waals surface area contributed by atoms with Crippen LogP contribution in [0.3, 0.4) is 0 Å². The number of carboxylic acids is 1. The van der Waals surface area contributed by atoms with E-state index in [0.717, 1.165) is 12.8 Å². The van der Waals surface area contributed by atoms with E-state index >= 15 is 0 Å². The average Bonchev–Trinajstić information content (AvgIpc) is 2.49. The van der Waals surface area contributed by atoms with Gasteiger partial charge in [0.1, 0.15) is 0 Å².